The summed E-state index contributed by atoms with van der Waals surface area (Å²) in [6.07, 6.45) is 1.63. The summed E-state index contributed by atoms with van der Waals surface area (Å²) in [5.74, 6) is -0.143. The van der Waals surface area contributed by atoms with Crippen LogP contribution >= 0.6 is 11.3 Å². The van der Waals surface area contributed by atoms with Crippen LogP contribution in [-0.2, 0) is 9.53 Å². The van der Waals surface area contributed by atoms with E-state index in [1.54, 1.807) is 43.3 Å². The van der Waals surface area contributed by atoms with Crippen molar-refractivity contribution in [1.82, 2.24) is 4.57 Å². The summed E-state index contributed by atoms with van der Waals surface area (Å²) in [7, 11) is 1.54. The molecular weight excluding hydrogens is 580 g/mol. The minimum Gasteiger partial charge on any atom is -0.496 e. The molecule has 3 aromatic carbocycles. The molecule has 9 nitrogen and oxygen atoms in total. The monoisotopic (exact) mass is 606 g/mol. The molecule has 1 aliphatic heterocycles. The van der Waals surface area contributed by atoms with Crippen molar-refractivity contribution >= 4 is 35.0 Å². The highest BCUT2D eigenvalue weighted by Gasteiger charge is 2.36. The topological polar surface area (TPSA) is 120 Å². The van der Waals surface area contributed by atoms with Gasteiger partial charge in [-0.05, 0) is 37.3 Å². The number of methoxy groups -OCH3 is 1. The molecule has 1 unspecified atom stereocenters. The summed E-state index contributed by atoms with van der Waals surface area (Å²) in [5, 5.41) is 9.18. The highest BCUT2D eigenvalue weighted by atomic mass is 32.1. The van der Waals surface area contributed by atoms with Crippen molar-refractivity contribution in [3.05, 3.63) is 139 Å². The van der Waals surface area contributed by atoms with Crippen LogP contribution in [0.25, 0.3) is 23.1 Å². The van der Waals surface area contributed by atoms with Crippen LogP contribution in [-0.4, -0.2) is 35.3 Å². The highest BCUT2D eigenvalue weighted by molar-refractivity contribution is 7.07. The number of ether oxygens (including phenoxy) is 2. The lowest BCUT2D eigenvalue weighted by Crippen LogP contribution is -2.40. The van der Waals surface area contributed by atoms with Gasteiger partial charge < -0.3 is 19.0 Å². The van der Waals surface area contributed by atoms with Crippen LogP contribution in [0.2, 0.25) is 0 Å². The molecule has 0 bridgehead atoms. The molecule has 0 saturated carbocycles. The van der Waals surface area contributed by atoms with E-state index in [0.29, 0.717) is 49.0 Å². The zero-order chi connectivity index (χ0) is 30.8. The molecule has 44 heavy (non-hydrogen) atoms. The number of rotatable bonds is 8. The van der Waals surface area contributed by atoms with Gasteiger partial charge in [0.1, 0.15) is 23.3 Å². The van der Waals surface area contributed by atoms with Gasteiger partial charge in [-0.25, -0.2) is 14.6 Å². The first-order valence-corrected chi connectivity index (χ1v) is 14.6. The number of hydrogen-bond donors (Lipinski definition) is 1. The first kappa shape index (κ1) is 28.6. The van der Waals surface area contributed by atoms with Crippen molar-refractivity contribution in [2.75, 3.05) is 13.7 Å². The summed E-state index contributed by atoms with van der Waals surface area (Å²) >= 11 is 1.18. The molecular formula is C34H26N2O7S. The second kappa shape index (κ2) is 12.0. The number of nitrogens with zero attached hydrogens (tertiary/aromatic N) is 2. The van der Waals surface area contributed by atoms with E-state index >= 15 is 0 Å². The van der Waals surface area contributed by atoms with Crippen molar-refractivity contribution in [1.29, 1.82) is 0 Å². The van der Waals surface area contributed by atoms with E-state index in [2.05, 4.69) is 0 Å². The number of carboxylic acids is 1. The first-order chi connectivity index (χ1) is 21.4. The Labute approximate surface area is 255 Å². The Morgan fingerprint density at radius 3 is 2.41 bits per heavy atom. The predicted molar refractivity (Wildman–Crippen MR) is 165 cm³/mol. The summed E-state index contributed by atoms with van der Waals surface area (Å²) < 4.78 is 19.1. The smallest absolute Gasteiger partial charge is 0.338 e. The van der Waals surface area contributed by atoms with E-state index in [0.717, 1.165) is 0 Å². The molecule has 1 aliphatic rings. The average Bonchev–Trinajstić information content (AvgIpc) is 3.64. The highest BCUT2D eigenvalue weighted by Crippen LogP contribution is 2.38. The second-order valence-corrected chi connectivity index (χ2v) is 10.8. The fourth-order valence-corrected chi connectivity index (χ4v) is 6.10. The van der Waals surface area contributed by atoms with Gasteiger partial charge >= 0.3 is 11.9 Å². The maximum absolute atomic E-state index is 14.1. The van der Waals surface area contributed by atoms with E-state index in [1.165, 1.54) is 35.1 Å². The van der Waals surface area contributed by atoms with Crippen LogP contribution in [0.3, 0.4) is 0 Å². The number of fused-ring (bicyclic) bond motifs is 1. The van der Waals surface area contributed by atoms with Crippen LogP contribution in [0, 0.1) is 0 Å². The molecule has 0 aliphatic carbocycles. The lowest BCUT2D eigenvalue weighted by molar-refractivity contribution is -0.138. The fraction of sp³-hybridized carbons (Fsp3) is 0.118. The van der Waals surface area contributed by atoms with Gasteiger partial charge in [0.25, 0.3) is 5.56 Å². The van der Waals surface area contributed by atoms with Gasteiger partial charge in [-0.1, -0.05) is 72.0 Å². The van der Waals surface area contributed by atoms with Crippen LogP contribution in [0.1, 0.15) is 40.2 Å². The number of hydrogen-bond acceptors (Lipinski definition) is 8. The van der Waals surface area contributed by atoms with E-state index in [1.807, 2.05) is 48.5 Å². The molecule has 3 heterocycles. The van der Waals surface area contributed by atoms with Gasteiger partial charge in [0, 0.05) is 22.8 Å². The first-order valence-electron chi connectivity index (χ1n) is 13.7. The number of carbonyl (C=O) groups excluding carboxylic acids is 1. The number of aromatic carboxylic acids is 1. The van der Waals surface area contributed by atoms with Gasteiger partial charge in [0.2, 0.25) is 0 Å². The number of aromatic nitrogens is 1. The Balaban J connectivity index is 1.54. The molecule has 0 fully saturated rings. The average molecular weight is 607 g/mol. The van der Waals surface area contributed by atoms with Crippen LogP contribution in [0.5, 0.6) is 5.75 Å². The molecule has 10 heteroatoms. The molecule has 1 atom stereocenters. The maximum atomic E-state index is 14.1. The van der Waals surface area contributed by atoms with Crippen molar-refractivity contribution in [2.24, 2.45) is 4.99 Å². The summed E-state index contributed by atoms with van der Waals surface area (Å²) in [6, 6.07) is 25.5. The van der Waals surface area contributed by atoms with E-state index in [-0.39, 0.29) is 23.3 Å². The Morgan fingerprint density at radius 2 is 1.70 bits per heavy atom. The number of furan rings is 1. The quantitative estimate of drug-likeness (QED) is 0.250. The molecule has 0 spiro atoms. The van der Waals surface area contributed by atoms with Crippen molar-refractivity contribution < 1.29 is 28.6 Å². The van der Waals surface area contributed by atoms with Gasteiger partial charge in [-0.3, -0.25) is 9.36 Å². The minimum atomic E-state index is -1.01. The number of benzene rings is 3. The Hall–Kier alpha value is -5.48. The molecule has 2 aromatic heterocycles. The van der Waals surface area contributed by atoms with Crippen molar-refractivity contribution in [2.45, 2.75) is 13.0 Å². The minimum absolute atomic E-state index is 0.146. The lowest BCUT2D eigenvalue weighted by atomic mass is 9.92. The lowest BCUT2D eigenvalue weighted by Gasteiger charge is -2.27. The number of carboxylic acid groups (broad SMARTS) is 1. The number of para-hydroxylation sites is 1. The fourth-order valence-electron chi connectivity index (χ4n) is 5.12. The van der Waals surface area contributed by atoms with Crippen molar-refractivity contribution in [3.8, 4) is 17.1 Å². The van der Waals surface area contributed by atoms with Gasteiger partial charge in [0.05, 0.1) is 35.1 Å². The Morgan fingerprint density at radius 1 is 0.977 bits per heavy atom. The number of thiazole rings is 1. The number of esters is 1. The third kappa shape index (κ3) is 5.27. The zero-order valence-electron chi connectivity index (χ0n) is 23.7. The summed E-state index contributed by atoms with van der Waals surface area (Å²) in [6.45, 7) is 1.87. The molecule has 1 N–H and O–H groups in total. The van der Waals surface area contributed by atoms with Crippen molar-refractivity contribution in [3.63, 3.8) is 0 Å². The Kier molecular flexibility index (Phi) is 7.82. The maximum Gasteiger partial charge on any atom is 0.338 e. The molecule has 0 amide bonds. The Bertz CT molecular complexity index is 2090. The normalized spacial score (nSPS) is 14.6. The van der Waals surface area contributed by atoms with Gasteiger partial charge in [-0.15, -0.1) is 0 Å². The molecule has 6 rings (SSSR count). The third-order valence-corrected chi connectivity index (χ3v) is 8.11. The van der Waals surface area contributed by atoms with E-state index in [4.69, 9.17) is 18.9 Å². The van der Waals surface area contributed by atoms with E-state index < -0.39 is 18.0 Å². The zero-order valence-corrected chi connectivity index (χ0v) is 24.5. The molecule has 220 valence electrons. The van der Waals surface area contributed by atoms with Gasteiger partial charge in [0.15, 0.2) is 4.80 Å². The number of carbonyl (C=O) groups is 2. The summed E-state index contributed by atoms with van der Waals surface area (Å²) in [4.78, 5) is 44.2. The van der Waals surface area contributed by atoms with E-state index in [9.17, 15) is 19.5 Å². The standard InChI is InChI=1S/C34H26N2O7S/c1-3-42-33(40)28-29(21-9-5-4-6-10-21)35-34-36(30(28)24-11-7-8-12-26(24)41-2)31(37)27(44-34)19-23-17-18-25(43-23)20-13-15-22(16-14-20)32(38)39/h4-19,30H,3H2,1-2H3,(H,38,39). The van der Waals surface area contributed by atoms with Gasteiger partial charge in [-0.2, -0.15) is 0 Å². The second-order valence-electron chi connectivity index (χ2n) is 9.76. The van der Waals surface area contributed by atoms with Crippen LogP contribution in [0.15, 0.2) is 111 Å². The SMILES string of the molecule is CCOC(=O)C1=C(c2ccccc2)N=c2sc(=Cc3ccc(-c4ccc(C(=O)O)cc4)o3)c(=O)n2C1c1ccccc1OC. The predicted octanol–water partition coefficient (Wildman–Crippen LogP) is 4.90. The van der Waals surface area contributed by atoms with Crippen LogP contribution < -0.4 is 19.6 Å². The molecule has 5 aromatic rings. The third-order valence-electron chi connectivity index (χ3n) is 7.12. The largest absolute Gasteiger partial charge is 0.496 e. The molecule has 0 saturated heterocycles. The summed E-state index contributed by atoms with van der Waals surface area (Å²) in [5.41, 5.74) is 2.46. The van der Waals surface area contributed by atoms with Crippen LogP contribution in [0.4, 0.5) is 0 Å². The molecule has 0 radical (unpaired) electrons.